The van der Waals surface area contributed by atoms with Crippen LogP contribution in [0.2, 0.25) is 0 Å². The quantitative estimate of drug-likeness (QED) is 0.629. The van der Waals surface area contributed by atoms with Crippen LogP contribution in [-0.2, 0) is 0 Å². The fraction of sp³-hybridized carbons (Fsp3) is 0.800. The first kappa shape index (κ1) is 9.75. The number of hydrogen-bond acceptors (Lipinski definition) is 2. The van der Waals surface area contributed by atoms with Gasteiger partial charge in [0.15, 0.2) is 0 Å². The Hall–Kier alpha value is -0.340. The molecule has 0 bridgehead atoms. The number of aliphatic hydroxyl groups excluding tert-OH is 1. The molecule has 0 aromatic rings. The van der Waals surface area contributed by atoms with Crippen molar-refractivity contribution in [3.05, 3.63) is 12.2 Å². The molecule has 2 heteroatoms. The lowest BCUT2D eigenvalue weighted by Gasteiger charge is -2.36. The van der Waals surface area contributed by atoms with Crippen LogP contribution in [0.3, 0.4) is 0 Å². The Bertz CT molecular complexity index is 141. The van der Waals surface area contributed by atoms with Gasteiger partial charge >= 0.3 is 0 Å². The largest absolute Gasteiger partial charge is 0.395 e. The van der Waals surface area contributed by atoms with Crippen LogP contribution in [0, 0.1) is 0 Å². The summed E-state index contributed by atoms with van der Waals surface area (Å²) in [6.07, 6.45) is 8.23. The fourth-order valence-electron chi connectivity index (χ4n) is 1.54. The van der Waals surface area contributed by atoms with Crippen LogP contribution in [0.15, 0.2) is 12.2 Å². The average molecular weight is 169 g/mol. The van der Waals surface area contributed by atoms with E-state index in [4.69, 9.17) is 5.11 Å². The summed E-state index contributed by atoms with van der Waals surface area (Å²) in [6.45, 7) is 4.16. The minimum absolute atomic E-state index is 0.286. The molecule has 0 unspecified atom stereocenters. The normalized spacial score (nSPS) is 18.9. The molecule has 1 rings (SSSR count). The highest BCUT2D eigenvalue weighted by Gasteiger charge is 2.23. The summed E-state index contributed by atoms with van der Waals surface area (Å²) in [6, 6.07) is 0.744. The molecule has 0 radical (unpaired) electrons. The van der Waals surface area contributed by atoms with Crippen LogP contribution in [-0.4, -0.2) is 35.7 Å². The smallest absolute Gasteiger partial charge is 0.0558 e. The van der Waals surface area contributed by atoms with Crippen molar-refractivity contribution in [2.75, 3.05) is 19.7 Å². The zero-order valence-electron chi connectivity index (χ0n) is 7.87. The molecule has 1 N–H and O–H groups in total. The van der Waals surface area contributed by atoms with Gasteiger partial charge in [-0.25, -0.2) is 0 Å². The van der Waals surface area contributed by atoms with Crippen LogP contribution in [0.4, 0.5) is 0 Å². The van der Waals surface area contributed by atoms with Gasteiger partial charge in [0.25, 0.3) is 0 Å². The maximum atomic E-state index is 8.84. The van der Waals surface area contributed by atoms with Crippen molar-refractivity contribution >= 4 is 0 Å². The molecule has 0 aromatic carbocycles. The predicted molar refractivity (Wildman–Crippen MR) is 51.1 cm³/mol. The molecule has 0 aromatic heterocycles. The van der Waals surface area contributed by atoms with E-state index in [2.05, 4.69) is 17.1 Å². The highest BCUT2D eigenvalue weighted by atomic mass is 16.3. The molecule has 1 saturated carbocycles. The zero-order valence-corrected chi connectivity index (χ0v) is 7.87. The van der Waals surface area contributed by atoms with Crippen molar-refractivity contribution in [2.45, 2.75) is 32.2 Å². The van der Waals surface area contributed by atoms with Crippen molar-refractivity contribution in [2.24, 2.45) is 0 Å². The van der Waals surface area contributed by atoms with E-state index in [1.165, 1.54) is 19.3 Å². The van der Waals surface area contributed by atoms with Gasteiger partial charge in [0.05, 0.1) is 6.61 Å². The van der Waals surface area contributed by atoms with Crippen molar-refractivity contribution in [3.63, 3.8) is 0 Å². The molecule has 0 saturated heterocycles. The van der Waals surface area contributed by atoms with Crippen molar-refractivity contribution in [1.82, 2.24) is 4.90 Å². The van der Waals surface area contributed by atoms with E-state index < -0.39 is 0 Å². The number of aliphatic hydroxyl groups is 1. The Labute approximate surface area is 74.9 Å². The lowest BCUT2D eigenvalue weighted by Crippen LogP contribution is -2.41. The second-order valence-electron chi connectivity index (χ2n) is 3.37. The Morgan fingerprint density at radius 3 is 2.67 bits per heavy atom. The van der Waals surface area contributed by atoms with E-state index in [0.717, 1.165) is 19.1 Å². The molecule has 70 valence electrons. The highest BCUT2D eigenvalue weighted by molar-refractivity contribution is 4.87. The second-order valence-corrected chi connectivity index (χ2v) is 3.37. The van der Waals surface area contributed by atoms with E-state index in [1.54, 1.807) is 0 Å². The topological polar surface area (TPSA) is 23.5 Å². The standard InChI is InChI=1S/C10H19NO/c1-2-3-7-11(8-9-12)10-5-4-6-10/h2-3,10,12H,4-9H2,1H3/b3-2+. The maximum Gasteiger partial charge on any atom is 0.0558 e. The number of hydrogen-bond donors (Lipinski definition) is 1. The average Bonchev–Trinajstić information content (AvgIpc) is 1.97. The molecule has 0 amide bonds. The highest BCUT2D eigenvalue weighted by Crippen LogP contribution is 2.24. The molecule has 0 heterocycles. The molecule has 1 fully saturated rings. The molecule has 0 spiro atoms. The molecular formula is C10H19NO. The van der Waals surface area contributed by atoms with E-state index in [0.29, 0.717) is 0 Å². The zero-order chi connectivity index (χ0) is 8.81. The van der Waals surface area contributed by atoms with Crippen molar-refractivity contribution in [3.8, 4) is 0 Å². The minimum Gasteiger partial charge on any atom is -0.395 e. The van der Waals surface area contributed by atoms with E-state index in [1.807, 2.05) is 6.92 Å². The summed E-state index contributed by atoms with van der Waals surface area (Å²) in [5, 5.41) is 8.84. The van der Waals surface area contributed by atoms with Crippen LogP contribution in [0.25, 0.3) is 0 Å². The van der Waals surface area contributed by atoms with Gasteiger partial charge in [-0.3, -0.25) is 4.90 Å². The lowest BCUT2D eigenvalue weighted by molar-refractivity contribution is 0.114. The first-order valence-electron chi connectivity index (χ1n) is 4.84. The Balaban J connectivity index is 2.26. The Morgan fingerprint density at radius 2 is 2.25 bits per heavy atom. The van der Waals surface area contributed by atoms with Gasteiger partial charge in [0.1, 0.15) is 0 Å². The van der Waals surface area contributed by atoms with Gasteiger partial charge in [0.2, 0.25) is 0 Å². The third kappa shape index (κ3) is 2.61. The molecule has 0 aliphatic heterocycles. The molecule has 12 heavy (non-hydrogen) atoms. The summed E-state index contributed by atoms with van der Waals surface area (Å²) >= 11 is 0. The van der Waals surface area contributed by atoms with E-state index >= 15 is 0 Å². The molecule has 1 aliphatic carbocycles. The predicted octanol–water partition coefficient (Wildman–Crippen LogP) is 1.41. The summed E-state index contributed by atoms with van der Waals surface area (Å²) in [5.74, 6) is 0. The van der Waals surface area contributed by atoms with Gasteiger partial charge in [-0.15, -0.1) is 0 Å². The Morgan fingerprint density at radius 1 is 1.50 bits per heavy atom. The van der Waals surface area contributed by atoms with Crippen LogP contribution in [0.5, 0.6) is 0 Å². The summed E-state index contributed by atoms with van der Waals surface area (Å²) < 4.78 is 0. The summed E-state index contributed by atoms with van der Waals surface area (Å²) in [5.41, 5.74) is 0. The van der Waals surface area contributed by atoms with Crippen molar-refractivity contribution in [1.29, 1.82) is 0 Å². The van der Waals surface area contributed by atoms with Gasteiger partial charge in [-0.2, -0.15) is 0 Å². The van der Waals surface area contributed by atoms with E-state index in [-0.39, 0.29) is 6.61 Å². The van der Waals surface area contributed by atoms with Gasteiger partial charge in [0, 0.05) is 19.1 Å². The first-order valence-corrected chi connectivity index (χ1v) is 4.84. The van der Waals surface area contributed by atoms with Crippen LogP contribution < -0.4 is 0 Å². The number of rotatable bonds is 5. The molecule has 1 aliphatic rings. The van der Waals surface area contributed by atoms with Gasteiger partial charge in [-0.05, 0) is 19.8 Å². The number of allylic oxidation sites excluding steroid dienone is 1. The molecule has 0 atom stereocenters. The van der Waals surface area contributed by atoms with Crippen LogP contribution in [0.1, 0.15) is 26.2 Å². The second kappa shape index (κ2) is 5.33. The Kier molecular flexibility index (Phi) is 4.33. The number of nitrogens with zero attached hydrogens (tertiary/aromatic N) is 1. The molecule has 2 nitrogen and oxygen atoms in total. The monoisotopic (exact) mass is 169 g/mol. The summed E-state index contributed by atoms with van der Waals surface area (Å²) in [4.78, 5) is 2.36. The first-order chi connectivity index (χ1) is 5.88. The minimum atomic E-state index is 0.286. The SMILES string of the molecule is C/C=C/CN(CCO)C1CCC1. The third-order valence-electron chi connectivity index (χ3n) is 2.55. The maximum absolute atomic E-state index is 8.84. The van der Waals surface area contributed by atoms with Crippen LogP contribution >= 0.6 is 0 Å². The lowest BCUT2D eigenvalue weighted by atomic mass is 9.91. The fourth-order valence-corrected chi connectivity index (χ4v) is 1.54. The van der Waals surface area contributed by atoms with Gasteiger partial charge in [-0.1, -0.05) is 18.6 Å². The van der Waals surface area contributed by atoms with Gasteiger partial charge < -0.3 is 5.11 Å². The van der Waals surface area contributed by atoms with Crippen molar-refractivity contribution < 1.29 is 5.11 Å². The molecular weight excluding hydrogens is 150 g/mol. The van der Waals surface area contributed by atoms with E-state index in [9.17, 15) is 0 Å². The summed E-state index contributed by atoms with van der Waals surface area (Å²) in [7, 11) is 0. The third-order valence-corrected chi connectivity index (χ3v) is 2.55.